The van der Waals surface area contributed by atoms with Crippen LogP contribution in [0.2, 0.25) is 0 Å². The molecule has 146 valence electrons. The van der Waals surface area contributed by atoms with Gasteiger partial charge in [-0.05, 0) is 32.9 Å². The maximum absolute atomic E-state index is 13.2. The van der Waals surface area contributed by atoms with Crippen LogP contribution in [-0.2, 0) is 10.9 Å². The predicted molar refractivity (Wildman–Crippen MR) is 96.8 cm³/mol. The van der Waals surface area contributed by atoms with Gasteiger partial charge in [-0.3, -0.25) is 0 Å². The lowest BCUT2D eigenvalue weighted by Crippen LogP contribution is -2.50. The number of hydrogen-bond donors (Lipinski definition) is 0. The molecule has 1 aliphatic heterocycles. The first-order valence-corrected chi connectivity index (χ1v) is 8.74. The number of halogens is 3. The smallest absolute Gasteiger partial charge is 0.433 e. The third-order valence-corrected chi connectivity index (χ3v) is 4.26. The number of carbonyl (C=O) groups is 1. The molecule has 3 rings (SSSR count). The first-order valence-electron chi connectivity index (χ1n) is 8.74. The largest absolute Gasteiger partial charge is 0.444 e. The van der Waals surface area contributed by atoms with E-state index in [1.807, 2.05) is 4.90 Å². The lowest BCUT2D eigenvalue weighted by molar-refractivity contribution is -0.140. The van der Waals surface area contributed by atoms with Crippen LogP contribution >= 0.6 is 0 Å². The van der Waals surface area contributed by atoms with Crippen LogP contribution in [0.4, 0.5) is 23.7 Å². The summed E-state index contributed by atoms with van der Waals surface area (Å²) in [4.78, 5) is 19.4. The highest BCUT2D eigenvalue weighted by Crippen LogP contribution is 2.35. The third-order valence-electron chi connectivity index (χ3n) is 4.26. The van der Waals surface area contributed by atoms with Crippen LogP contribution in [0.5, 0.6) is 0 Å². The second-order valence-corrected chi connectivity index (χ2v) is 7.50. The highest BCUT2D eigenvalue weighted by Gasteiger charge is 2.34. The summed E-state index contributed by atoms with van der Waals surface area (Å²) in [6.45, 7) is 6.99. The molecule has 0 atom stereocenters. The van der Waals surface area contributed by atoms with Crippen LogP contribution in [-0.4, -0.2) is 47.8 Å². The van der Waals surface area contributed by atoms with E-state index in [9.17, 15) is 18.0 Å². The van der Waals surface area contributed by atoms with E-state index < -0.39 is 23.6 Å². The molecule has 0 radical (unpaired) electrons. The fourth-order valence-electron chi connectivity index (χ4n) is 3.02. The summed E-state index contributed by atoms with van der Waals surface area (Å²) in [6.07, 6.45) is -4.92. The van der Waals surface area contributed by atoms with Crippen LogP contribution in [0.25, 0.3) is 10.9 Å². The Balaban J connectivity index is 1.84. The summed E-state index contributed by atoms with van der Waals surface area (Å²) in [5, 5.41) is 0.663. The maximum atomic E-state index is 13.2. The Hall–Kier alpha value is -2.51. The number of para-hydroxylation sites is 1. The molecule has 2 aromatic rings. The van der Waals surface area contributed by atoms with Gasteiger partial charge in [-0.2, -0.15) is 13.2 Å². The summed E-state index contributed by atoms with van der Waals surface area (Å²) in [6, 6.07) is 7.87. The number of pyridine rings is 1. The third kappa shape index (κ3) is 4.43. The molecule has 1 aromatic heterocycles. The molecule has 0 spiro atoms. The quantitative estimate of drug-likeness (QED) is 0.738. The second kappa shape index (κ2) is 6.90. The molecule has 8 heteroatoms. The maximum Gasteiger partial charge on any atom is 0.433 e. The van der Waals surface area contributed by atoms with E-state index in [-0.39, 0.29) is 0 Å². The number of ether oxygens (including phenoxy) is 1. The van der Waals surface area contributed by atoms with Crippen molar-refractivity contribution in [1.29, 1.82) is 0 Å². The second-order valence-electron chi connectivity index (χ2n) is 7.50. The molecule has 2 heterocycles. The van der Waals surface area contributed by atoms with E-state index in [1.54, 1.807) is 49.9 Å². The zero-order valence-electron chi connectivity index (χ0n) is 15.5. The van der Waals surface area contributed by atoms with E-state index in [0.717, 1.165) is 6.07 Å². The van der Waals surface area contributed by atoms with Gasteiger partial charge in [0.2, 0.25) is 0 Å². The average molecular weight is 381 g/mol. The monoisotopic (exact) mass is 381 g/mol. The van der Waals surface area contributed by atoms with Crippen molar-refractivity contribution >= 4 is 22.7 Å². The van der Waals surface area contributed by atoms with Crippen LogP contribution < -0.4 is 4.90 Å². The van der Waals surface area contributed by atoms with Gasteiger partial charge in [0.25, 0.3) is 0 Å². The molecule has 27 heavy (non-hydrogen) atoms. The minimum Gasteiger partial charge on any atom is -0.444 e. The Morgan fingerprint density at radius 2 is 1.70 bits per heavy atom. The van der Waals surface area contributed by atoms with Gasteiger partial charge in [0.15, 0.2) is 0 Å². The van der Waals surface area contributed by atoms with Gasteiger partial charge >= 0.3 is 12.3 Å². The van der Waals surface area contributed by atoms with Gasteiger partial charge in [0.1, 0.15) is 11.3 Å². The minimum absolute atomic E-state index is 0.303. The Morgan fingerprint density at radius 1 is 1.07 bits per heavy atom. The van der Waals surface area contributed by atoms with Crippen molar-refractivity contribution in [2.45, 2.75) is 32.5 Å². The molecule has 0 unspecified atom stereocenters. The van der Waals surface area contributed by atoms with Crippen molar-refractivity contribution in [2.24, 2.45) is 0 Å². The number of benzene rings is 1. The topological polar surface area (TPSA) is 45.7 Å². The van der Waals surface area contributed by atoms with Crippen LogP contribution in [0.15, 0.2) is 30.3 Å². The number of amides is 1. The number of carbonyl (C=O) groups excluding carboxylic acids is 1. The van der Waals surface area contributed by atoms with Crippen LogP contribution in [0, 0.1) is 0 Å². The van der Waals surface area contributed by atoms with Crippen molar-refractivity contribution in [1.82, 2.24) is 9.88 Å². The highest BCUT2D eigenvalue weighted by atomic mass is 19.4. The molecule has 0 aliphatic carbocycles. The van der Waals surface area contributed by atoms with Crippen LogP contribution in [0.3, 0.4) is 0 Å². The first kappa shape index (κ1) is 19.3. The number of fused-ring (bicyclic) bond motifs is 1. The molecule has 0 saturated carbocycles. The van der Waals surface area contributed by atoms with Crippen molar-refractivity contribution in [3.63, 3.8) is 0 Å². The van der Waals surface area contributed by atoms with Gasteiger partial charge in [-0.15, -0.1) is 0 Å². The molecular weight excluding hydrogens is 359 g/mol. The van der Waals surface area contributed by atoms with Gasteiger partial charge in [-0.1, -0.05) is 18.2 Å². The predicted octanol–water partition coefficient (Wildman–Crippen LogP) is 4.31. The normalized spacial score (nSPS) is 15.9. The Labute approximate surface area is 155 Å². The number of hydrogen-bond acceptors (Lipinski definition) is 4. The molecule has 1 fully saturated rings. The van der Waals surface area contributed by atoms with Gasteiger partial charge in [0.05, 0.1) is 5.52 Å². The van der Waals surface area contributed by atoms with Gasteiger partial charge in [-0.25, -0.2) is 9.78 Å². The van der Waals surface area contributed by atoms with E-state index in [1.165, 1.54) is 0 Å². The summed E-state index contributed by atoms with van der Waals surface area (Å²) in [5.41, 5.74) is -0.712. The summed E-state index contributed by atoms with van der Waals surface area (Å²) in [7, 11) is 0. The molecule has 1 aliphatic rings. The summed E-state index contributed by atoms with van der Waals surface area (Å²) >= 11 is 0. The minimum atomic E-state index is -4.52. The van der Waals surface area contributed by atoms with Crippen molar-refractivity contribution in [3.05, 3.63) is 36.0 Å². The number of alkyl halides is 3. The summed E-state index contributed by atoms with van der Waals surface area (Å²) in [5.74, 6) is 0. The van der Waals surface area contributed by atoms with Crippen molar-refractivity contribution in [2.75, 3.05) is 31.1 Å². The molecule has 0 bridgehead atoms. The van der Waals surface area contributed by atoms with E-state index in [0.29, 0.717) is 42.8 Å². The fraction of sp³-hybridized carbons (Fsp3) is 0.474. The van der Waals surface area contributed by atoms with Gasteiger partial charge in [0, 0.05) is 37.3 Å². The van der Waals surface area contributed by atoms with E-state index >= 15 is 0 Å². The molecular formula is C19H22F3N3O2. The lowest BCUT2D eigenvalue weighted by atomic mass is 10.1. The number of aromatic nitrogens is 1. The zero-order chi connectivity index (χ0) is 19.8. The standard InChI is InChI=1S/C19H22F3N3O2/c1-18(2,3)27-17(26)25-10-8-24(9-11-25)15-12-16(19(20,21)22)23-14-7-5-4-6-13(14)15/h4-7,12H,8-11H2,1-3H3. The van der Waals surface area contributed by atoms with Crippen molar-refractivity contribution in [3.8, 4) is 0 Å². The highest BCUT2D eigenvalue weighted by molar-refractivity contribution is 5.92. The molecule has 1 aromatic carbocycles. The summed E-state index contributed by atoms with van der Waals surface area (Å²) < 4.78 is 45.1. The number of rotatable bonds is 1. The number of piperazine rings is 1. The van der Waals surface area contributed by atoms with Crippen LogP contribution in [0.1, 0.15) is 26.5 Å². The Bertz CT molecular complexity index is 838. The van der Waals surface area contributed by atoms with Crippen molar-refractivity contribution < 1.29 is 22.7 Å². The molecule has 0 N–H and O–H groups in total. The Kier molecular flexibility index (Phi) is 4.92. The zero-order valence-corrected chi connectivity index (χ0v) is 15.5. The number of nitrogens with zero attached hydrogens (tertiary/aromatic N) is 3. The van der Waals surface area contributed by atoms with Gasteiger partial charge < -0.3 is 14.5 Å². The van der Waals surface area contributed by atoms with E-state index in [4.69, 9.17) is 4.74 Å². The molecule has 5 nitrogen and oxygen atoms in total. The number of anilines is 1. The molecule has 1 saturated heterocycles. The fourth-order valence-corrected chi connectivity index (χ4v) is 3.02. The Morgan fingerprint density at radius 3 is 2.30 bits per heavy atom. The molecule has 1 amide bonds. The lowest BCUT2D eigenvalue weighted by Gasteiger charge is -2.37. The SMILES string of the molecule is CC(C)(C)OC(=O)N1CCN(c2cc(C(F)(F)F)nc3ccccc23)CC1. The average Bonchev–Trinajstić information content (AvgIpc) is 2.58. The first-order chi connectivity index (χ1) is 12.5. The van der Waals surface area contributed by atoms with E-state index in [2.05, 4.69) is 4.98 Å².